The van der Waals surface area contributed by atoms with E-state index in [1.807, 2.05) is 23.6 Å². The number of carbonyl (C=O) groups is 3. The highest BCUT2D eigenvalue weighted by Crippen LogP contribution is 2.39. The minimum atomic E-state index is -0.689. The second kappa shape index (κ2) is 10.2. The van der Waals surface area contributed by atoms with Gasteiger partial charge < -0.3 is 20.2 Å². The van der Waals surface area contributed by atoms with E-state index in [1.165, 1.54) is 6.08 Å². The quantitative estimate of drug-likeness (QED) is 0.542. The molecule has 5 rings (SSSR count). The van der Waals surface area contributed by atoms with E-state index in [0.717, 1.165) is 43.0 Å². The lowest BCUT2D eigenvalue weighted by Crippen LogP contribution is -2.54. The Morgan fingerprint density at radius 1 is 1.15 bits per heavy atom. The van der Waals surface area contributed by atoms with Crippen LogP contribution in [0.5, 0.6) is 5.88 Å². The first kappa shape index (κ1) is 27.0. The summed E-state index contributed by atoms with van der Waals surface area (Å²) in [5, 5.41) is 18.4. The number of piperidine rings is 1. The van der Waals surface area contributed by atoms with Crippen LogP contribution in [0.1, 0.15) is 80.9 Å². The minimum Gasteiger partial charge on any atom is -0.494 e. The second-order valence-electron chi connectivity index (χ2n) is 11.6. The fraction of sp³-hybridized carbons (Fsp3) is 0.607. The van der Waals surface area contributed by atoms with Crippen LogP contribution < -0.4 is 10.9 Å². The Morgan fingerprint density at radius 3 is 2.46 bits per heavy atom. The monoisotopic (exact) mass is 538 g/mol. The molecule has 2 N–H and O–H groups in total. The lowest BCUT2D eigenvalue weighted by molar-refractivity contribution is -0.135. The number of likely N-dealkylation sites (tertiary alicyclic amines) is 2. The van der Waals surface area contributed by atoms with Gasteiger partial charge in [0.05, 0.1) is 5.69 Å². The average Bonchev–Trinajstić information content (AvgIpc) is 3.50. The van der Waals surface area contributed by atoms with Crippen LogP contribution in [0, 0.1) is 12.8 Å². The molecule has 2 aromatic heterocycles. The van der Waals surface area contributed by atoms with Crippen molar-refractivity contribution in [2.75, 3.05) is 19.6 Å². The molecule has 1 aliphatic carbocycles. The van der Waals surface area contributed by atoms with Gasteiger partial charge >= 0.3 is 0 Å². The van der Waals surface area contributed by atoms with E-state index in [0.29, 0.717) is 43.1 Å². The third-order valence-electron chi connectivity index (χ3n) is 8.30. The van der Waals surface area contributed by atoms with Crippen LogP contribution in [0.15, 0.2) is 10.9 Å². The van der Waals surface area contributed by atoms with Gasteiger partial charge in [-0.2, -0.15) is 9.61 Å². The van der Waals surface area contributed by atoms with Crippen molar-refractivity contribution in [3.63, 3.8) is 0 Å². The van der Waals surface area contributed by atoms with Crippen molar-refractivity contribution >= 4 is 29.4 Å². The number of carbonyl (C=O) groups excluding carboxylic acids is 3. The van der Waals surface area contributed by atoms with Gasteiger partial charge in [0.15, 0.2) is 5.56 Å². The zero-order chi connectivity index (χ0) is 28.1. The maximum atomic E-state index is 13.5. The van der Waals surface area contributed by atoms with Gasteiger partial charge in [0.1, 0.15) is 5.65 Å². The molecular formula is C28H38N6O5. The van der Waals surface area contributed by atoms with Gasteiger partial charge in [0, 0.05) is 56.3 Å². The SMILES string of the molecule is CC(=O)N1CCC2(CCCN2C(=O)/C=C/c2c(C)nn3c(=O)c(C(=O)NC4CC4)c(O)n(CC(C)C)c23)CC1. The Labute approximate surface area is 227 Å². The van der Waals surface area contributed by atoms with Gasteiger partial charge in [0.2, 0.25) is 17.7 Å². The number of aryl methyl sites for hydroxylation is 1. The summed E-state index contributed by atoms with van der Waals surface area (Å²) in [7, 11) is 0. The van der Waals surface area contributed by atoms with E-state index in [-0.39, 0.29) is 34.9 Å². The van der Waals surface area contributed by atoms with Crippen molar-refractivity contribution in [1.29, 1.82) is 0 Å². The van der Waals surface area contributed by atoms with E-state index < -0.39 is 17.3 Å². The Hall–Kier alpha value is -3.63. The topological polar surface area (TPSA) is 129 Å². The van der Waals surface area contributed by atoms with E-state index >= 15 is 0 Å². The number of fused-ring (bicyclic) bond motifs is 1. The summed E-state index contributed by atoms with van der Waals surface area (Å²) in [6.45, 7) is 9.58. The molecule has 11 nitrogen and oxygen atoms in total. The number of hydrogen-bond acceptors (Lipinski definition) is 6. The molecule has 3 aliphatic rings. The van der Waals surface area contributed by atoms with Gasteiger partial charge in [-0.3, -0.25) is 23.7 Å². The number of nitrogens with zero attached hydrogens (tertiary/aromatic N) is 5. The molecule has 2 aliphatic heterocycles. The highest BCUT2D eigenvalue weighted by molar-refractivity contribution is 5.97. The summed E-state index contributed by atoms with van der Waals surface area (Å²) in [5.74, 6) is -0.954. The summed E-state index contributed by atoms with van der Waals surface area (Å²) in [6, 6.07) is 0.0259. The molecule has 0 aromatic carbocycles. The van der Waals surface area contributed by atoms with Crippen molar-refractivity contribution < 1.29 is 19.5 Å². The number of nitrogens with one attached hydrogen (secondary N) is 1. The van der Waals surface area contributed by atoms with Crippen LogP contribution >= 0.6 is 0 Å². The highest BCUT2D eigenvalue weighted by atomic mass is 16.3. The summed E-state index contributed by atoms with van der Waals surface area (Å²) in [6.07, 6.45) is 8.24. The molecule has 1 spiro atoms. The van der Waals surface area contributed by atoms with Gasteiger partial charge in [-0.15, -0.1) is 0 Å². The maximum absolute atomic E-state index is 13.5. The van der Waals surface area contributed by atoms with Crippen LogP contribution in [0.4, 0.5) is 0 Å². The zero-order valence-corrected chi connectivity index (χ0v) is 23.2. The molecule has 0 unspecified atom stereocenters. The van der Waals surface area contributed by atoms with Gasteiger partial charge in [-0.1, -0.05) is 13.8 Å². The van der Waals surface area contributed by atoms with E-state index in [1.54, 1.807) is 24.5 Å². The normalized spacial score (nSPS) is 19.1. The first-order chi connectivity index (χ1) is 18.5. The molecule has 3 amide bonds. The summed E-state index contributed by atoms with van der Waals surface area (Å²) in [4.78, 5) is 55.3. The number of rotatable bonds is 6. The standard InChI is InChI=1S/C28H38N6O5/c1-17(2)16-32-25-21(18(3)30-34(25)27(39)23(26(32)38)24(37)29-20-6-7-20)8-9-22(36)33-13-5-10-28(33)11-14-31(15-12-28)19(4)35/h8-9,17,20,38H,5-7,10-16H2,1-4H3,(H,29,37)/b9-8+. The van der Waals surface area contributed by atoms with Crippen LogP contribution in [0.2, 0.25) is 0 Å². The fourth-order valence-electron chi connectivity index (χ4n) is 6.07. The largest absolute Gasteiger partial charge is 0.494 e. The number of amides is 3. The third kappa shape index (κ3) is 4.94. The molecule has 0 bridgehead atoms. The van der Waals surface area contributed by atoms with Crippen molar-refractivity contribution in [2.24, 2.45) is 5.92 Å². The van der Waals surface area contributed by atoms with E-state index in [2.05, 4.69) is 10.4 Å². The first-order valence-corrected chi connectivity index (χ1v) is 13.9. The molecule has 4 heterocycles. The smallest absolute Gasteiger partial charge is 0.291 e. The Kier molecular flexibility index (Phi) is 7.02. The Morgan fingerprint density at radius 2 is 1.85 bits per heavy atom. The Bertz CT molecular complexity index is 1410. The lowest BCUT2D eigenvalue weighted by atomic mass is 9.85. The number of aromatic nitrogens is 3. The predicted octanol–water partition coefficient (Wildman–Crippen LogP) is 2.07. The molecule has 0 atom stereocenters. The van der Waals surface area contributed by atoms with Crippen LogP contribution in [-0.2, 0) is 16.1 Å². The lowest BCUT2D eigenvalue weighted by Gasteiger charge is -2.44. The first-order valence-electron chi connectivity index (χ1n) is 13.9. The molecule has 3 fully saturated rings. The van der Waals surface area contributed by atoms with Crippen LogP contribution in [0.25, 0.3) is 11.7 Å². The molecule has 2 saturated heterocycles. The second-order valence-corrected chi connectivity index (χ2v) is 11.6. The van der Waals surface area contributed by atoms with Gasteiger partial charge in [0.25, 0.3) is 11.5 Å². The molecule has 0 radical (unpaired) electrons. The molecular weight excluding hydrogens is 500 g/mol. The zero-order valence-electron chi connectivity index (χ0n) is 23.2. The van der Waals surface area contributed by atoms with Crippen LogP contribution in [-0.4, -0.2) is 78.0 Å². The van der Waals surface area contributed by atoms with E-state index in [4.69, 9.17) is 0 Å². The summed E-state index contributed by atoms with van der Waals surface area (Å²) >= 11 is 0. The Balaban J connectivity index is 1.49. The van der Waals surface area contributed by atoms with Crippen LogP contribution in [0.3, 0.4) is 0 Å². The van der Waals surface area contributed by atoms with Crippen molar-refractivity contribution in [3.8, 4) is 5.88 Å². The molecule has 210 valence electrons. The predicted molar refractivity (Wildman–Crippen MR) is 145 cm³/mol. The molecule has 39 heavy (non-hydrogen) atoms. The number of hydrogen-bond donors (Lipinski definition) is 2. The molecule has 11 heteroatoms. The minimum absolute atomic E-state index is 0.0259. The summed E-state index contributed by atoms with van der Waals surface area (Å²) in [5.41, 5.74) is 0.154. The van der Waals surface area contributed by atoms with Crippen molar-refractivity contribution in [3.05, 3.63) is 33.3 Å². The number of aromatic hydroxyl groups is 1. The van der Waals surface area contributed by atoms with Gasteiger partial charge in [-0.25, -0.2) is 0 Å². The van der Waals surface area contributed by atoms with Crippen molar-refractivity contribution in [1.82, 2.24) is 29.3 Å². The van der Waals surface area contributed by atoms with Gasteiger partial charge in [-0.05, 0) is 57.4 Å². The highest BCUT2D eigenvalue weighted by Gasteiger charge is 2.45. The van der Waals surface area contributed by atoms with E-state index in [9.17, 15) is 24.3 Å². The maximum Gasteiger partial charge on any atom is 0.291 e. The average molecular weight is 539 g/mol. The van der Waals surface area contributed by atoms with Crippen molar-refractivity contribution in [2.45, 2.75) is 84.3 Å². The third-order valence-corrected chi connectivity index (χ3v) is 8.30. The molecule has 1 saturated carbocycles. The fourth-order valence-corrected chi connectivity index (χ4v) is 6.07. The summed E-state index contributed by atoms with van der Waals surface area (Å²) < 4.78 is 2.71. The molecule has 2 aromatic rings.